The maximum atomic E-state index is 9.10. The van der Waals surface area contributed by atoms with Crippen LogP contribution in [0.2, 0.25) is 0 Å². The van der Waals surface area contributed by atoms with Gasteiger partial charge < -0.3 is 64.8 Å². The average Bonchev–Trinajstić information content (AvgIpc) is 2.40. The van der Waals surface area contributed by atoms with Gasteiger partial charge in [-0.15, -0.1) is 0 Å². The van der Waals surface area contributed by atoms with Gasteiger partial charge in [0.2, 0.25) is 0 Å². The topological polar surface area (TPSA) is 313 Å². The van der Waals surface area contributed by atoms with Crippen LogP contribution in [0.3, 0.4) is 0 Å². The number of hydrogen-bond donors (Lipinski definition) is 3. The summed E-state index contributed by atoms with van der Waals surface area (Å²) in [4.78, 5) is 71.9. The molecule has 136 valence electrons. The van der Waals surface area contributed by atoms with Gasteiger partial charge in [0.15, 0.2) is 5.97 Å². The second-order valence-electron chi connectivity index (χ2n) is 2.35. The summed E-state index contributed by atoms with van der Waals surface area (Å²) >= 11 is 0. The van der Waals surface area contributed by atoms with E-state index in [9.17, 15) is 0 Å². The fourth-order valence-electron chi connectivity index (χ4n) is 0. The predicted octanol–water partition coefficient (Wildman–Crippen LogP) is -13.0. The van der Waals surface area contributed by atoms with E-state index in [0.29, 0.717) is 0 Å². The third-order valence-corrected chi connectivity index (χ3v) is 0.691. The summed E-state index contributed by atoms with van der Waals surface area (Å²) < 4.78 is 0. The van der Waals surface area contributed by atoms with Crippen molar-refractivity contribution in [2.24, 2.45) is 0 Å². The summed E-state index contributed by atoms with van der Waals surface area (Å²) in [6.45, 7) is 0. The van der Waals surface area contributed by atoms with Crippen LogP contribution in [-0.2, 0) is 64.6 Å². The number of carboxylic acids is 8. The Balaban J connectivity index is -0.0000000500. The molecule has 0 spiro atoms. The minimum absolute atomic E-state index is 0. The number of hydrogen-bond acceptors (Lipinski definition) is 13. The molecule has 26 heavy (non-hydrogen) atoms. The molecular formula is C8H3NaO16Zr. The normalized spacial score (nSPS) is 6.77. The van der Waals surface area contributed by atoms with E-state index in [1.54, 1.807) is 0 Å². The van der Waals surface area contributed by atoms with Gasteiger partial charge in [0.25, 0.3) is 0 Å². The first-order valence-corrected chi connectivity index (χ1v) is 4.32. The molecule has 0 unspecified atom stereocenters. The van der Waals surface area contributed by atoms with E-state index in [4.69, 9.17) is 79.2 Å². The van der Waals surface area contributed by atoms with E-state index in [-0.39, 0.29) is 55.8 Å². The van der Waals surface area contributed by atoms with Crippen LogP contribution in [-0.4, -0.2) is 63.1 Å². The molecule has 0 aromatic heterocycles. The summed E-state index contributed by atoms with van der Waals surface area (Å²) in [6, 6.07) is 0. The van der Waals surface area contributed by atoms with Crippen LogP contribution in [0.1, 0.15) is 0 Å². The van der Waals surface area contributed by atoms with E-state index < -0.39 is 47.8 Å². The molecule has 0 aliphatic carbocycles. The Labute approximate surface area is 182 Å². The van der Waals surface area contributed by atoms with Gasteiger partial charge in [-0.05, 0) is 0 Å². The third kappa shape index (κ3) is 49.5. The zero-order valence-corrected chi connectivity index (χ0v) is 16.6. The Morgan fingerprint density at radius 2 is 0.538 bits per heavy atom. The molecule has 0 atom stereocenters. The number of aliphatic carboxylic acids is 8. The molecule has 3 N–H and O–H groups in total. The maximum absolute atomic E-state index is 9.10. The van der Waals surface area contributed by atoms with Gasteiger partial charge in [-0.3, -0.25) is 0 Å². The molecule has 0 bridgehead atoms. The van der Waals surface area contributed by atoms with E-state index in [1.165, 1.54) is 0 Å². The smallest absolute Gasteiger partial charge is 0.543 e. The number of carboxylic acid groups (broad SMARTS) is 8. The van der Waals surface area contributed by atoms with Crippen LogP contribution >= 0.6 is 0 Å². The maximum Gasteiger partial charge on any atom is 4.00 e. The van der Waals surface area contributed by atoms with Crippen LogP contribution < -0.4 is 55.1 Å². The van der Waals surface area contributed by atoms with Crippen LogP contribution in [0.15, 0.2) is 0 Å². The van der Waals surface area contributed by atoms with Crippen molar-refractivity contribution in [2.45, 2.75) is 0 Å². The van der Waals surface area contributed by atoms with Gasteiger partial charge in [0.1, 0.15) is 0 Å². The van der Waals surface area contributed by atoms with E-state index in [1.807, 2.05) is 0 Å². The van der Waals surface area contributed by atoms with Crippen LogP contribution in [0, 0.1) is 0 Å². The van der Waals surface area contributed by atoms with E-state index in [0.717, 1.165) is 0 Å². The van der Waals surface area contributed by atoms with Crippen molar-refractivity contribution in [3.05, 3.63) is 0 Å². The molecule has 0 saturated carbocycles. The summed E-state index contributed by atoms with van der Waals surface area (Å²) in [5, 5.41) is 66.8. The molecule has 0 aliphatic rings. The van der Waals surface area contributed by atoms with Crippen molar-refractivity contribution < 1.29 is 135 Å². The predicted molar refractivity (Wildman–Crippen MR) is 47.9 cm³/mol. The van der Waals surface area contributed by atoms with Gasteiger partial charge in [0, 0.05) is 0 Å². The molecular weight excluding hydrogens is 466 g/mol. The van der Waals surface area contributed by atoms with E-state index >= 15 is 0 Å². The standard InChI is InChI=1S/4C2H2O4.Na.Zr/c4*3-1(4)2(5)6;;/h4*(H,3,4)(H,5,6);;/q;;;;+1;+4/p-5. The van der Waals surface area contributed by atoms with Crippen molar-refractivity contribution in [3.63, 3.8) is 0 Å². The molecule has 0 fully saturated rings. The minimum atomic E-state index is -2.19. The minimum Gasteiger partial charge on any atom is -0.543 e. The van der Waals surface area contributed by atoms with Crippen molar-refractivity contribution in [1.29, 1.82) is 0 Å². The van der Waals surface area contributed by atoms with Crippen LogP contribution in [0.5, 0.6) is 0 Å². The molecule has 0 heterocycles. The zero-order chi connectivity index (χ0) is 20.6. The van der Waals surface area contributed by atoms with Crippen LogP contribution in [0.25, 0.3) is 0 Å². The molecule has 0 aliphatic heterocycles. The first kappa shape index (κ1) is 38.9. The first-order chi connectivity index (χ1) is 10.6. The Bertz CT molecular complexity index is 394. The summed E-state index contributed by atoms with van der Waals surface area (Å²) in [6.07, 6.45) is 0. The number of carbonyl (C=O) groups excluding carboxylic acids is 5. The first-order valence-electron chi connectivity index (χ1n) is 4.32. The van der Waals surface area contributed by atoms with Gasteiger partial charge >= 0.3 is 73.7 Å². The molecule has 16 nitrogen and oxygen atoms in total. The molecule has 0 saturated heterocycles. The average molecular weight is 469 g/mol. The van der Waals surface area contributed by atoms with Gasteiger partial charge in [0.05, 0.1) is 23.9 Å². The van der Waals surface area contributed by atoms with Crippen molar-refractivity contribution >= 4 is 47.8 Å². The Morgan fingerprint density at radius 1 is 0.423 bits per heavy atom. The quantitative estimate of drug-likeness (QED) is 0.219. The molecule has 0 aromatic carbocycles. The molecule has 0 radical (unpaired) electrons. The summed E-state index contributed by atoms with van der Waals surface area (Å²) in [7, 11) is 0. The third-order valence-electron chi connectivity index (χ3n) is 0.691. The zero-order valence-electron chi connectivity index (χ0n) is 12.1. The SMILES string of the molecule is O=C(O)C(=O)O.O=C([O-])C(=O)O.O=C([O-])C(=O)[O-].O=C([O-])C(=O)[O-].[Na+].[Zr+4]. The van der Waals surface area contributed by atoms with Gasteiger partial charge in [-0.25, -0.2) is 14.4 Å². The summed E-state index contributed by atoms with van der Waals surface area (Å²) in [5.41, 5.74) is 0. The molecule has 18 heteroatoms. The van der Waals surface area contributed by atoms with Crippen LogP contribution in [0.4, 0.5) is 0 Å². The van der Waals surface area contributed by atoms with Crippen molar-refractivity contribution in [2.75, 3.05) is 0 Å². The van der Waals surface area contributed by atoms with Crippen molar-refractivity contribution in [3.8, 4) is 0 Å². The number of carbonyl (C=O) groups is 8. The Kier molecular flexibility index (Phi) is 33.9. The second kappa shape index (κ2) is 22.6. The molecule has 0 rings (SSSR count). The van der Waals surface area contributed by atoms with Crippen molar-refractivity contribution in [1.82, 2.24) is 0 Å². The van der Waals surface area contributed by atoms with Gasteiger partial charge in [-0.1, -0.05) is 0 Å². The second-order valence-corrected chi connectivity index (χ2v) is 2.35. The largest absolute Gasteiger partial charge is 4.00 e. The monoisotopic (exact) mass is 468 g/mol. The summed E-state index contributed by atoms with van der Waals surface area (Å²) in [5.74, 6) is -16.4. The van der Waals surface area contributed by atoms with Gasteiger partial charge in [-0.2, -0.15) is 0 Å². The van der Waals surface area contributed by atoms with E-state index in [2.05, 4.69) is 0 Å². The Hall–Kier alpha value is -2.36. The Morgan fingerprint density at radius 3 is 0.538 bits per heavy atom. The fourth-order valence-corrected chi connectivity index (χ4v) is 0. The molecule has 0 amide bonds. The molecule has 0 aromatic rings. The fraction of sp³-hybridized carbons (Fsp3) is 0. The number of rotatable bonds is 0.